The lowest BCUT2D eigenvalue weighted by molar-refractivity contribution is -0.411. The fourth-order valence-corrected chi connectivity index (χ4v) is 1.60. The fraction of sp³-hybridized carbons (Fsp3) is 0.923. The first kappa shape index (κ1) is 17.4. The van der Waals surface area contributed by atoms with Crippen molar-refractivity contribution in [1.29, 1.82) is 0 Å². The third-order valence-corrected chi connectivity index (χ3v) is 1.89. The van der Waals surface area contributed by atoms with E-state index in [2.05, 4.69) is 0 Å². The predicted molar refractivity (Wildman–Crippen MR) is 68.3 cm³/mol. The van der Waals surface area contributed by atoms with E-state index in [0.29, 0.717) is 0 Å². The van der Waals surface area contributed by atoms with Gasteiger partial charge in [0.1, 0.15) is 0 Å². The van der Waals surface area contributed by atoms with Crippen LogP contribution in [0.3, 0.4) is 0 Å². The van der Waals surface area contributed by atoms with Gasteiger partial charge >= 0.3 is 5.97 Å². The van der Waals surface area contributed by atoms with E-state index in [1.54, 1.807) is 0 Å². The lowest BCUT2D eigenvalue weighted by atomic mass is 10.2. The van der Waals surface area contributed by atoms with E-state index in [9.17, 15) is 4.79 Å². The van der Waals surface area contributed by atoms with E-state index in [4.69, 9.17) is 19.3 Å². The van der Waals surface area contributed by atoms with Crippen molar-refractivity contribution in [3.05, 3.63) is 0 Å². The van der Waals surface area contributed by atoms with E-state index >= 15 is 0 Å². The number of hydrogen-bond acceptors (Lipinski definition) is 4. The van der Waals surface area contributed by atoms with Crippen molar-refractivity contribution in [3.63, 3.8) is 0 Å². The molecule has 0 amide bonds. The summed E-state index contributed by atoms with van der Waals surface area (Å²) in [5, 5.41) is 8.81. The molecule has 0 spiro atoms. The van der Waals surface area contributed by atoms with Gasteiger partial charge in [-0.05, 0) is 41.5 Å². The number of hydrogen-bond donors (Lipinski definition) is 1. The van der Waals surface area contributed by atoms with Gasteiger partial charge in [-0.15, -0.1) is 0 Å². The quantitative estimate of drug-likeness (QED) is 0.647. The van der Waals surface area contributed by atoms with Crippen LogP contribution in [0.2, 0.25) is 0 Å². The van der Waals surface area contributed by atoms with Gasteiger partial charge in [-0.1, -0.05) is 0 Å². The highest BCUT2D eigenvalue weighted by Gasteiger charge is 2.37. The Balaban J connectivity index is 4.91. The fourth-order valence-electron chi connectivity index (χ4n) is 1.60. The molecular formula is C13H26O5. The molecular weight excluding hydrogens is 236 g/mol. The minimum Gasteiger partial charge on any atom is -0.481 e. The standard InChI is InChI=1S/C13H26O5/c1-9(2)16-13(17-10(3)4,18-11(5)6)8-7-12(14)15/h9-11H,7-8H2,1-6H3,(H,14,15). The van der Waals surface area contributed by atoms with Gasteiger partial charge in [0.15, 0.2) is 0 Å². The Hall–Kier alpha value is -0.650. The van der Waals surface area contributed by atoms with Crippen molar-refractivity contribution in [2.24, 2.45) is 0 Å². The maximum absolute atomic E-state index is 10.7. The topological polar surface area (TPSA) is 65.0 Å². The molecule has 0 aromatic carbocycles. The van der Waals surface area contributed by atoms with Crippen molar-refractivity contribution < 1.29 is 24.1 Å². The highest BCUT2D eigenvalue weighted by molar-refractivity contribution is 5.66. The molecule has 0 unspecified atom stereocenters. The Labute approximate surface area is 109 Å². The van der Waals surface area contributed by atoms with Crippen LogP contribution < -0.4 is 0 Å². The summed E-state index contributed by atoms with van der Waals surface area (Å²) >= 11 is 0. The Kier molecular flexibility index (Phi) is 7.43. The molecule has 0 aromatic heterocycles. The van der Waals surface area contributed by atoms with Crippen LogP contribution in [-0.4, -0.2) is 35.4 Å². The van der Waals surface area contributed by atoms with Gasteiger partial charge in [0.05, 0.1) is 24.7 Å². The third-order valence-electron chi connectivity index (χ3n) is 1.89. The summed E-state index contributed by atoms with van der Waals surface area (Å²) in [5.74, 6) is -2.18. The second-order valence-corrected chi connectivity index (χ2v) is 5.08. The minimum atomic E-state index is -1.28. The largest absolute Gasteiger partial charge is 0.481 e. The Morgan fingerprint density at radius 1 is 0.944 bits per heavy atom. The van der Waals surface area contributed by atoms with Gasteiger partial charge in [-0.2, -0.15) is 0 Å². The zero-order valence-electron chi connectivity index (χ0n) is 12.2. The van der Waals surface area contributed by atoms with Crippen LogP contribution in [0.4, 0.5) is 0 Å². The summed E-state index contributed by atoms with van der Waals surface area (Å²) in [6.07, 6.45) is -0.243. The van der Waals surface area contributed by atoms with Crippen molar-refractivity contribution in [3.8, 4) is 0 Å². The first-order valence-corrected chi connectivity index (χ1v) is 6.42. The van der Waals surface area contributed by atoms with E-state index in [0.717, 1.165) is 0 Å². The molecule has 0 aliphatic rings. The molecule has 0 saturated heterocycles. The summed E-state index contributed by atoms with van der Waals surface area (Å²) in [5.41, 5.74) is 0. The number of rotatable bonds is 9. The smallest absolute Gasteiger partial charge is 0.303 e. The van der Waals surface area contributed by atoms with Gasteiger partial charge in [0.2, 0.25) is 0 Å². The van der Waals surface area contributed by atoms with Gasteiger partial charge in [-0.3, -0.25) is 4.79 Å². The number of ether oxygens (including phenoxy) is 3. The summed E-state index contributed by atoms with van der Waals surface area (Å²) in [6.45, 7) is 11.2. The molecule has 0 bridgehead atoms. The maximum atomic E-state index is 10.7. The van der Waals surface area contributed by atoms with Crippen molar-refractivity contribution in [2.75, 3.05) is 0 Å². The molecule has 0 saturated carbocycles. The molecule has 0 fully saturated rings. The van der Waals surface area contributed by atoms with Crippen LogP contribution in [0.5, 0.6) is 0 Å². The monoisotopic (exact) mass is 262 g/mol. The summed E-state index contributed by atoms with van der Waals surface area (Å²) in [7, 11) is 0. The van der Waals surface area contributed by atoms with Gasteiger partial charge < -0.3 is 19.3 Å². The first-order valence-electron chi connectivity index (χ1n) is 6.42. The Morgan fingerprint density at radius 2 is 1.28 bits per heavy atom. The SMILES string of the molecule is CC(C)OC(CCC(=O)O)(OC(C)C)OC(C)C. The van der Waals surface area contributed by atoms with Crippen LogP contribution in [-0.2, 0) is 19.0 Å². The predicted octanol–water partition coefficient (Wildman–Crippen LogP) is 2.78. The van der Waals surface area contributed by atoms with Gasteiger partial charge in [0, 0.05) is 6.42 Å². The van der Waals surface area contributed by atoms with Crippen LogP contribution in [0.1, 0.15) is 54.4 Å². The molecule has 108 valence electrons. The molecule has 5 nitrogen and oxygen atoms in total. The van der Waals surface area contributed by atoms with Crippen molar-refractivity contribution in [1.82, 2.24) is 0 Å². The highest BCUT2D eigenvalue weighted by Crippen LogP contribution is 2.27. The molecule has 0 rings (SSSR count). The highest BCUT2D eigenvalue weighted by atomic mass is 16.9. The van der Waals surface area contributed by atoms with E-state index in [1.165, 1.54) is 0 Å². The number of carbonyl (C=O) groups is 1. The van der Waals surface area contributed by atoms with E-state index in [1.807, 2.05) is 41.5 Å². The summed E-state index contributed by atoms with van der Waals surface area (Å²) in [6, 6.07) is 0. The van der Waals surface area contributed by atoms with Gasteiger partial charge in [-0.25, -0.2) is 0 Å². The maximum Gasteiger partial charge on any atom is 0.303 e. The average molecular weight is 262 g/mol. The minimum absolute atomic E-state index is 0.0633. The number of aliphatic carboxylic acids is 1. The zero-order chi connectivity index (χ0) is 14.3. The lowest BCUT2D eigenvalue weighted by Crippen LogP contribution is -2.45. The van der Waals surface area contributed by atoms with Crippen LogP contribution in [0.25, 0.3) is 0 Å². The average Bonchev–Trinajstić information content (AvgIpc) is 2.11. The third kappa shape index (κ3) is 7.63. The normalized spacial score (nSPS) is 12.7. The molecule has 18 heavy (non-hydrogen) atoms. The van der Waals surface area contributed by atoms with Crippen molar-refractivity contribution in [2.45, 2.75) is 78.7 Å². The Bertz CT molecular complexity index is 221. The number of carboxylic acid groups (broad SMARTS) is 1. The second-order valence-electron chi connectivity index (χ2n) is 5.08. The summed E-state index contributed by atoms with van der Waals surface area (Å²) < 4.78 is 17.1. The van der Waals surface area contributed by atoms with Crippen LogP contribution in [0.15, 0.2) is 0 Å². The number of carboxylic acids is 1. The Morgan fingerprint density at radius 3 is 1.50 bits per heavy atom. The second kappa shape index (κ2) is 7.71. The molecule has 0 radical (unpaired) electrons. The van der Waals surface area contributed by atoms with E-state index in [-0.39, 0.29) is 31.2 Å². The summed E-state index contributed by atoms with van der Waals surface area (Å²) in [4.78, 5) is 10.7. The lowest BCUT2D eigenvalue weighted by Gasteiger charge is -2.37. The van der Waals surface area contributed by atoms with Crippen LogP contribution >= 0.6 is 0 Å². The van der Waals surface area contributed by atoms with Gasteiger partial charge in [0.25, 0.3) is 5.97 Å². The molecule has 1 N–H and O–H groups in total. The molecule has 5 heteroatoms. The van der Waals surface area contributed by atoms with E-state index < -0.39 is 11.9 Å². The first-order chi connectivity index (χ1) is 8.17. The molecule has 0 atom stereocenters. The van der Waals surface area contributed by atoms with Crippen molar-refractivity contribution >= 4 is 5.97 Å². The molecule has 0 aliphatic carbocycles. The zero-order valence-corrected chi connectivity index (χ0v) is 12.2. The molecule has 0 aromatic rings. The molecule has 0 heterocycles. The van der Waals surface area contributed by atoms with Crippen LogP contribution in [0, 0.1) is 0 Å². The molecule has 0 aliphatic heterocycles.